The molecule has 0 saturated carbocycles. The fourth-order valence-corrected chi connectivity index (χ4v) is 4.61. The van der Waals surface area contributed by atoms with Crippen molar-refractivity contribution in [3.05, 3.63) is 83.4 Å². The van der Waals surface area contributed by atoms with Gasteiger partial charge in [-0.1, -0.05) is 24.3 Å². The quantitative estimate of drug-likeness (QED) is 0.176. The topological polar surface area (TPSA) is 192 Å². The third-order valence-corrected chi connectivity index (χ3v) is 6.85. The average molecular weight is 581 g/mol. The fourth-order valence-electron chi connectivity index (χ4n) is 4.61. The number of carbonyl (C=O) groups excluding carboxylic acids is 2. The second-order valence-electron chi connectivity index (χ2n) is 9.83. The molecule has 2 aliphatic heterocycles. The highest BCUT2D eigenvalue weighted by Crippen LogP contribution is 2.42. The number of hydrogen-bond donors (Lipinski definition) is 6. The minimum atomic E-state index is -1.73. The number of phenolic OH excluding ortho intramolecular Hbond substituents is 3. The van der Waals surface area contributed by atoms with Gasteiger partial charge in [0.1, 0.15) is 71.4 Å². The Labute approximate surface area is 239 Å². The van der Waals surface area contributed by atoms with Gasteiger partial charge in [-0.05, 0) is 41.5 Å². The van der Waals surface area contributed by atoms with Crippen molar-refractivity contribution in [2.45, 2.75) is 43.2 Å². The van der Waals surface area contributed by atoms with Gasteiger partial charge in [0, 0.05) is 18.2 Å². The van der Waals surface area contributed by atoms with Crippen LogP contribution in [0.4, 0.5) is 0 Å². The Morgan fingerprint density at radius 3 is 2.26 bits per heavy atom. The molecule has 1 fully saturated rings. The number of fused-ring (bicyclic) bond motifs is 1. The van der Waals surface area contributed by atoms with Crippen molar-refractivity contribution in [1.82, 2.24) is 0 Å². The molecule has 12 nitrogen and oxygen atoms in total. The Morgan fingerprint density at radius 2 is 1.57 bits per heavy atom. The summed E-state index contributed by atoms with van der Waals surface area (Å²) >= 11 is 0. The number of aliphatic hydroxyl groups excluding tert-OH is 3. The van der Waals surface area contributed by atoms with E-state index in [2.05, 4.69) is 0 Å². The number of ketones is 1. The normalized spacial score (nSPS) is 25.5. The average Bonchev–Trinajstić information content (AvgIpc) is 2.96. The number of esters is 1. The van der Waals surface area contributed by atoms with E-state index >= 15 is 0 Å². The number of hydrogen-bond acceptors (Lipinski definition) is 12. The van der Waals surface area contributed by atoms with E-state index in [1.165, 1.54) is 36.4 Å². The zero-order valence-corrected chi connectivity index (χ0v) is 21.9. The SMILES string of the molecule is O=C(/C=C/c1ccc(O)cc1)OC[C@H]1O[C@@H](Oc2cc(O)c3c(c2)O[C@H](c2ccc(O)cc2)CC3=O)[C@@H](O)[C@@H](O)[C@@H]1O. The molecule has 0 aliphatic carbocycles. The molecule has 3 aromatic rings. The molecule has 1 saturated heterocycles. The van der Waals surface area contributed by atoms with Gasteiger partial charge < -0.3 is 49.6 Å². The van der Waals surface area contributed by atoms with Crippen LogP contribution in [0.3, 0.4) is 0 Å². The minimum absolute atomic E-state index is 0.0103. The second kappa shape index (κ2) is 12.1. The molecular weight excluding hydrogens is 552 g/mol. The van der Waals surface area contributed by atoms with Crippen LogP contribution in [0.1, 0.15) is 34.0 Å². The van der Waals surface area contributed by atoms with Gasteiger partial charge in [0.05, 0.1) is 6.42 Å². The van der Waals surface area contributed by atoms with Gasteiger partial charge in [0.2, 0.25) is 6.29 Å². The van der Waals surface area contributed by atoms with Crippen molar-refractivity contribution >= 4 is 17.8 Å². The summed E-state index contributed by atoms with van der Waals surface area (Å²) in [4.78, 5) is 25.0. The third kappa shape index (κ3) is 6.31. The van der Waals surface area contributed by atoms with Gasteiger partial charge in [-0.15, -0.1) is 0 Å². The van der Waals surface area contributed by atoms with Gasteiger partial charge in [0.15, 0.2) is 5.78 Å². The van der Waals surface area contributed by atoms with Crippen LogP contribution in [0.15, 0.2) is 66.7 Å². The molecule has 0 radical (unpaired) electrons. The molecule has 2 aliphatic rings. The van der Waals surface area contributed by atoms with Crippen molar-refractivity contribution in [3.8, 4) is 28.7 Å². The third-order valence-electron chi connectivity index (χ3n) is 6.85. The van der Waals surface area contributed by atoms with Crippen LogP contribution in [0.2, 0.25) is 0 Å². The summed E-state index contributed by atoms with van der Waals surface area (Å²) < 4.78 is 22.3. The molecule has 2 heterocycles. The fraction of sp³-hybridized carbons (Fsp3) is 0.267. The summed E-state index contributed by atoms with van der Waals surface area (Å²) in [6.45, 7) is -0.495. The molecule has 6 atom stereocenters. The van der Waals surface area contributed by atoms with E-state index < -0.39 is 55.1 Å². The predicted molar refractivity (Wildman–Crippen MR) is 144 cm³/mol. The van der Waals surface area contributed by atoms with Crippen LogP contribution >= 0.6 is 0 Å². The smallest absolute Gasteiger partial charge is 0.330 e. The first-order chi connectivity index (χ1) is 20.1. The number of rotatable bonds is 7. The van der Waals surface area contributed by atoms with Gasteiger partial charge in [-0.25, -0.2) is 4.79 Å². The number of carbonyl (C=O) groups is 2. The summed E-state index contributed by atoms with van der Waals surface area (Å²) in [5.74, 6) is -1.55. The van der Waals surface area contributed by atoms with E-state index in [4.69, 9.17) is 18.9 Å². The maximum absolute atomic E-state index is 12.8. The lowest BCUT2D eigenvalue weighted by atomic mass is 9.95. The molecule has 5 rings (SSSR count). The number of aromatic hydroxyl groups is 3. The van der Waals surface area contributed by atoms with Crippen LogP contribution in [-0.4, -0.2) is 79.7 Å². The number of phenols is 3. The lowest BCUT2D eigenvalue weighted by Crippen LogP contribution is -2.60. The van der Waals surface area contributed by atoms with Crippen molar-refractivity contribution in [2.75, 3.05) is 6.61 Å². The van der Waals surface area contributed by atoms with Crippen LogP contribution in [0.25, 0.3) is 6.08 Å². The monoisotopic (exact) mass is 580 g/mol. The van der Waals surface area contributed by atoms with Gasteiger partial charge in [0.25, 0.3) is 0 Å². The van der Waals surface area contributed by atoms with Crippen LogP contribution in [0.5, 0.6) is 28.7 Å². The standard InChI is InChI=1S/C30H28O12/c31-17-6-1-15(2-7-17)3-10-25(35)39-14-24-27(36)28(37)29(38)30(42-24)40-19-11-20(33)26-21(34)13-22(41-23(26)12-19)16-4-8-18(32)9-5-16/h1-12,22,24,27-33,36-38H,13-14H2/b10-3+/t22-,24+,27+,28-,29-,30+/m0/s1. The van der Waals surface area contributed by atoms with Crippen molar-refractivity contribution in [2.24, 2.45) is 0 Å². The number of benzene rings is 3. The van der Waals surface area contributed by atoms with E-state index in [1.54, 1.807) is 24.3 Å². The summed E-state index contributed by atoms with van der Waals surface area (Å²) in [6.07, 6.45) is -6.12. The number of ether oxygens (including phenoxy) is 4. The predicted octanol–water partition coefficient (Wildman–Crippen LogP) is 1.95. The Kier molecular flexibility index (Phi) is 8.31. The highest BCUT2D eigenvalue weighted by molar-refractivity contribution is 6.02. The van der Waals surface area contributed by atoms with E-state index in [1.807, 2.05) is 0 Å². The molecule has 220 valence electrons. The maximum Gasteiger partial charge on any atom is 0.330 e. The number of aliphatic hydroxyl groups is 3. The molecule has 0 bridgehead atoms. The Morgan fingerprint density at radius 1 is 0.905 bits per heavy atom. The lowest BCUT2D eigenvalue weighted by molar-refractivity contribution is -0.278. The first-order valence-corrected chi connectivity index (χ1v) is 12.9. The minimum Gasteiger partial charge on any atom is -0.508 e. The first-order valence-electron chi connectivity index (χ1n) is 12.9. The molecule has 12 heteroatoms. The van der Waals surface area contributed by atoms with Crippen LogP contribution in [0, 0.1) is 0 Å². The van der Waals surface area contributed by atoms with Crippen LogP contribution in [-0.2, 0) is 14.3 Å². The van der Waals surface area contributed by atoms with Crippen molar-refractivity contribution in [3.63, 3.8) is 0 Å². The molecule has 42 heavy (non-hydrogen) atoms. The van der Waals surface area contributed by atoms with Gasteiger partial charge in [-0.2, -0.15) is 0 Å². The zero-order valence-electron chi connectivity index (χ0n) is 21.9. The van der Waals surface area contributed by atoms with E-state index in [9.17, 15) is 40.2 Å². The molecular formula is C30H28O12. The van der Waals surface area contributed by atoms with E-state index in [-0.39, 0.29) is 40.8 Å². The highest BCUT2D eigenvalue weighted by Gasteiger charge is 2.45. The second-order valence-corrected chi connectivity index (χ2v) is 9.83. The lowest BCUT2D eigenvalue weighted by Gasteiger charge is -2.40. The Balaban J connectivity index is 1.26. The molecule has 0 spiro atoms. The molecule has 0 unspecified atom stereocenters. The largest absolute Gasteiger partial charge is 0.508 e. The molecule has 0 aromatic heterocycles. The van der Waals surface area contributed by atoms with Crippen molar-refractivity contribution in [1.29, 1.82) is 0 Å². The zero-order chi connectivity index (χ0) is 30.0. The highest BCUT2D eigenvalue weighted by atomic mass is 16.7. The summed E-state index contributed by atoms with van der Waals surface area (Å²) in [5.41, 5.74) is 1.19. The summed E-state index contributed by atoms with van der Waals surface area (Å²) in [7, 11) is 0. The number of Topliss-reactive ketones (excluding diaryl/α,β-unsaturated/α-hetero) is 1. The van der Waals surface area contributed by atoms with Crippen LogP contribution < -0.4 is 9.47 Å². The van der Waals surface area contributed by atoms with Gasteiger partial charge >= 0.3 is 5.97 Å². The summed E-state index contributed by atoms with van der Waals surface area (Å²) in [5, 5.41) is 60.7. The summed E-state index contributed by atoms with van der Waals surface area (Å²) in [6, 6.07) is 14.6. The Bertz CT molecular complexity index is 1470. The molecule has 0 amide bonds. The first kappa shape index (κ1) is 28.9. The van der Waals surface area contributed by atoms with E-state index in [0.29, 0.717) is 11.1 Å². The molecule has 3 aromatic carbocycles. The molecule has 6 N–H and O–H groups in total. The van der Waals surface area contributed by atoms with E-state index in [0.717, 1.165) is 12.1 Å². The maximum atomic E-state index is 12.8. The Hall–Kier alpha value is -4.62. The van der Waals surface area contributed by atoms with Gasteiger partial charge in [-0.3, -0.25) is 4.79 Å². The van der Waals surface area contributed by atoms with Crippen molar-refractivity contribution < 1.29 is 59.2 Å².